The third-order valence-electron chi connectivity index (χ3n) is 4.57. The van der Waals surface area contributed by atoms with Gasteiger partial charge in [0, 0.05) is 43.8 Å². The molecular formula is C16H26N4O2S. The van der Waals surface area contributed by atoms with Crippen molar-refractivity contribution in [2.45, 2.75) is 42.1 Å². The molecule has 1 atom stereocenters. The number of hydrogen-bond acceptors (Lipinski definition) is 5. The Morgan fingerprint density at radius 2 is 2.26 bits per heavy atom. The highest BCUT2D eigenvalue weighted by molar-refractivity contribution is 7.99. The fourth-order valence-corrected chi connectivity index (χ4v) is 4.29. The maximum atomic E-state index is 12.4. The van der Waals surface area contributed by atoms with Crippen LogP contribution in [0.1, 0.15) is 25.7 Å². The highest BCUT2D eigenvalue weighted by atomic mass is 32.2. The average Bonchev–Trinajstić information content (AvgIpc) is 2.80. The van der Waals surface area contributed by atoms with Crippen LogP contribution in [0.4, 0.5) is 0 Å². The minimum atomic E-state index is -0.0582. The molecule has 1 saturated heterocycles. The lowest BCUT2D eigenvalue weighted by atomic mass is 9.94. The van der Waals surface area contributed by atoms with Gasteiger partial charge < -0.3 is 19.9 Å². The van der Waals surface area contributed by atoms with Crippen LogP contribution in [0.2, 0.25) is 0 Å². The van der Waals surface area contributed by atoms with E-state index in [1.165, 1.54) is 0 Å². The van der Waals surface area contributed by atoms with Gasteiger partial charge in [-0.3, -0.25) is 4.79 Å². The van der Waals surface area contributed by atoms with E-state index in [1.54, 1.807) is 0 Å². The summed E-state index contributed by atoms with van der Waals surface area (Å²) in [5, 5.41) is 8.16. The molecule has 0 aromatic carbocycles. The maximum Gasteiger partial charge on any atom is 0.226 e. The number of amides is 1. The minimum absolute atomic E-state index is 0.0582. The molecule has 1 amide bonds. The first-order valence-electron chi connectivity index (χ1n) is 8.45. The van der Waals surface area contributed by atoms with Crippen LogP contribution in [-0.4, -0.2) is 53.1 Å². The molecule has 2 N–H and O–H groups in total. The first-order valence-corrected chi connectivity index (χ1v) is 9.33. The van der Waals surface area contributed by atoms with Crippen LogP contribution in [0.3, 0.4) is 0 Å². The van der Waals surface area contributed by atoms with Crippen LogP contribution < -0.4 is 10.6 Å². The summed E-state index contributed by atoms with van der Waals surface area (Å²) in [4.78, 5) is 16.7. The van der Waals surface area contributed by atoms with Crippen LogP contribution in [0.5, 0.6) is 0 Å². The van der Waals surface area contributed by atoms with E-state index in [2.05, 4.69) is 20.2 Å². The number of thioether (sulfide) groups is 1. The third-order valence-corrected chi connectivity index (χ3v) is 5.98. The third kappa shape index (κ3) is 4.71. The number of hydrogen-bond donors (Lipinski definition) is 2. The molecule has 1 aliphatic heterocycles. The zero-order chi connectivity index (χ0) is 16.1. The van der Waals surface area contributed by atoms with E-state index in [-0.39, 0.29) is 11.8 Å². The molecule has 7 heteroatoms. The molecular weight excluding hydrogens is 312 g/mol. The number of aromatic nitrogens is 2. The van der Waals surface area contributed by atoms with Crippen molar-refractivity contribution < 1.29 is 9.53 Å². The lowest BCUT2D eigenvalue weighted by molar-refractivity contribution is -0.127. The molecule has 2 fully saturated rings. The second-order valence-electron chi connectivity index (χ2n) is 6.40. The molecule has 0 spiro atoms. The first-order chi connectivity index (χ1) is 11.2. The average molecular weight is 338 g/mol. The van der Waals surface area contributed by atoms with E-state index in [0.29, 0.717) is 24.5 Å². The van der Waals surface area contributed by atoms with Crippen molar-refractivity contribution in [3.05, 3.63) is 12.4 Å². The highest BCUT2D eigenvalue weighted by Crippen LogP contribution is 2.32. The van der Waals surface area contributed by atoms with Crippen LogP contribution in [-0.2, 0) is 16.6 Å². The summed E-state index contributed by atoms with van der Waals surface area (Å²) in [6.45, 7) is 2.78. The molecule has 0 radical (unpaired) electrons. The summed E-state index contributed by atoms with van der Waals surface area (Å²) in [6, 6.07) is 0.309. The largest absolute Gasteiger partial charge is 0.379 e. The Bertz CT molecular complexity index is 506. The van der Waals surface area contributed by atoms with Gasteiger partial charge in [-0.25, -0.2) is 4.98 Å². The van der Waals surface area contributed by atoms with Crippen LogP contribution in [0, 0.1) is 5.92 Å². The van der Waals surface area contributed by atoms with Gasteiger partial charge in [0.25, 0.3) is 0 Å². The summed E-state index contributed by atoms with van der Waals surface area (Å²) < 4.78 is 7.54. The molecule has 1 aromatic rings. The van der Waals surface area contributed by atoms with E-state index < -0.39 is 0 Å². The van der Waals surface area contributed by atoms with Gasteiger partial charge in [-0.1, -0.05) is 11.8 Å². The molecule has 2 heterocycles. The summed E-state index contributed by atoms with van der Waals surface area (Å²) in [5.74, 6) is 0.0803. The number of carbonyl (C=O) groups excluding carboxylic acids is 1. The second-order valence-corrected chi connectivity index (χ2v) is 7.66. The zero-order valence-corrected chi connectivity index (χ0v) is 14.5. The molecule has 6 nitrogen and oxygen atoms in total. The Morgan fingerprint density at radius 3 is 3.00 bits per heavy atom. The van der Waals surface area contributed by atoms with Crippen LogP contribution >= 0.6 is 11.8 Å². The van der Waals surface area contributed by atoms with Crippen molar-refractivity contribution in [1.29, 1.82) is 0 Å². The second kappa shape index (κ2) is 8.17. The van der Waals surface area contributed by atoms with Gasteiger partial charge in [0.2, 0.25) is 5.91 Å². The van der Waals surface area contributed by atoms with Gasteiger partial charge in [-0.15, -0.1) is 0 Å². The molecule has 128 valence electrons. The summed E-state index contributed by atoms with van der Waals surface area (Å²) in [7, 11) is 2.03. The molecule has 1 aliphatic carbocycles. The van der Waals surface area contributed by atoms with Crippen LogP contribution in [0.25, 0.3) is 0 Å². The van der Waals surface area contributed by atoms with Crippen molar-refractivity contribution in [3.63, 3.8) is 0 Å². The predicted octanol–water partition coefficient (Wildman–Crippen LogP) is 1.18. The highest BCUT2D eigenvalue weighted by Gasteiger charge is 2.27. The standard InChI is InChI=1S/C16H26N4O2S/c1-20-8-6-18-16(20)23-14-4-2-13(3-5-14)19-15(21)12-10-17-7-9-22-11-12/h6,8,12-14,17H,2-5,7,9-11H2,1H3,(H,19,21). The van der Waals surface area contributed by atoms with Gasteiger partial charge in [-0.2, -0.15) is 0 Å². The minimum Gasteiger partial charge on any atom is -0.379 e. The number of ether oxygens (including phenoxy) is 1. The molecule has 1 aromatic heterocycles. The van der Waals surface area contributed by atoms with E-state index in [9.17, 15) is 4.79 Å². The van der Waals surface area contributed by atoms with Gasteiger partial charge in [0.05, 0.1) is 19.1 Å². The first kappa shape index (κ1) is 16.8. The van der Waals surface area contributed by atoms with Crippen LogP contribution in [0.15, 0.2) is 17.6 Å². The Kier molecular flexibility index (Phi) is 5.96. The lowest BCUT2D eigenvalue weighted by Crippen LogP contribution is -2.44. The van der Waals surface area contributed by atoms with E-state index in [0.717, 1.165) is 43.9 Å². The monoisotopic (exact) mass is 338 g/mol. The Morgan fingerprint density at radius 1 is 1.43 bits per heavy atom. The maximum absolute atomic E-state index is 12.4. The zero-order valence-electron chi connectivity index (χ0n) is 13.7. The number of carbonyl (C=O) groups is 1. The van der Waals surface area contributed by atoms with Crippen molar-refractivity contribution in [1.82, 2.24) is 20.2 Å². The Balaban J connectivity index is 1.42. The Labute approximate surface area is 141 Å². The van der Waals surface area contributed by atoms with E-state index in [1.807, 2.05) is 31.2 Å². The Hall–Kier alpha value is -1.05. The molecule has 1 unspecified atom stereocenters. The van der Waals surface area contributed by atoms with Crippen molar-refractivity contribution in [2.75, 3.05) is 26.3 Å². The number of nitrogens with zero attached hydrogens (tertiary/aromatic N) is 2. The number of aryl methyl sites for hydroxylation is 1. The predicted molar refractivity (Wildman–Crippen MR) is 90.4 cm³/mol. The summed E-state index contributed by atoms with van der Waals surface area (Å²) in [5.41, 5.74) is 0. The molecule has 2 aliphatic rings. The van der Waals surface area contributed by atoms with E-state index in [4.69, 9.17) is 4.74 Å². The van der Waals surface area contributed by atoms with E-state index >= 15 is 0 Å². The number of imidazole rings is 1. The molecule has 3 rings (SSSR count). The smallest absolute Gasteiger partial charge is 0.226 e. The van der Waals surface area contributed by atoms with Crippen molar-refractivity contribution >= 4 is 17.7 Å². The fraction of sp³-hybridized carbons (Fsp3) is 0.750. The number of nitrogens with one attached hydrogen (secondary N) is 2. The summed E-state index contributed by atoms with van der Waals surface area (Å²) >= 11 is 1.86. The lowest BCUT2D eigenvalue weighted by Gasteiger charge is -2.29. The summed E-state index contributed by atoms with van der Waals surface area (Å²) in [6.07, 6.45) is 8.18. The topological polar surface area (TPSA) is 68.2 Å². The quantitative estimate of drug-likeness (QED) is 0.863. The van der Waals surface area contributed by atoms with Gasteiger partial charge in [-0.05, 0) is 25.7 Å². The normalized spacial score (nSPS) is 29.0. The number of rotatable bonds is 4. The molecule has 1 saturated carbocycles. The van der Waals surface area contributed by atoms with Gasteiger partial charge in [0.15, 0.2) is 5.16 Å². The van der Waals surface area contributed by atoms with Gasteiger partial charge in [0.1, 0.15) is 0 Å². The molecule has 0 bridgehead atoms. The SMILES string of the molecule is Cn1ccnc1SC1CCC(NC(=O)C2CNCCOC2)CC1. The van der Waals surface area contributed by atoms with Crippen molar-refractivity contribution in [3.8, 4) is 0 Å². The molecule has 23 heavy (non-hydrogen) atoms. The van der Waals surface area contributed by atoms with Gasteiger partial charge >= 0.3 is 0 Å². The van der Waals surface area contributed by atoms with Crippen molar-refractivity contribution in [2.24, 2.45) is 13.0 Å². The fourth-order valence-electron chi connectivity index (χ4n) is 3.13.